The molecule has 0 heterocycles. The smallest absolute Gasteiger partial charge is 0.332 e. The molecular weight excluding hydrogens is 254 g/mol. The summed E-state index contributed by atoms with van der Waals surface area (Å²) >= 11 is 0. The molecule has 0 saturated heterocycles. The van der Waals surface area contributed by atoms with Crippen LogP contribution >= 0.6 is 0 Å². The van der Waals surface area contributed by atoms with Gasteiger partial charge in [-0.05, 0) is 51.2 Å². The third-order valence-corrected chi connectivity index (χ3v) is 3.63. The van der Waals surface area contributed by atoms with Crippen molar-refractivity contribution in [3.05, 3.63) is 40.5 Å². The van der Waals surface area contributed by atoms with Crippen LogP contribution in [-0.2, 0) is 9.59 Å². The van der Waals surface area contributed by atoms with E-state index in [0.29, 0.717) is 18.4 Å². The molecule has 4 nitrogen and oxygen atoms in total. The Balaban J connectivity index is 2.24. The maximum Gasteiger partial charge on any atom is 0.332 e. The Hall–Kier alpha value is -2.10. The quantitative estimate of drug-likeness (QED) is 0.888. The second-order valence-electron chi connectivity index (χ2n) is 5.24. The Bertz CT molecular complexity index is 587. The molecule has 1 aliphatic rings. The van der Waals surface area contributed by atoms with Crippen LogP contribution in [0.4, 0.5) is 5.69 Å². The van der Waals surface area contributed by atoms with Crippen LogP contribution in [0.3, 0.4) is 0 Å². The van der Waals surface area contributed by atoms with Gasteiger partial charge in [-0.25, -0.2) is 4.79 Å². The molecule has 0 saturated carbocycles. The molecule has 1 amide bonds. The molecule has 1 aromatic carbocycles. The summed E-state index contributed by atoms with van der Waals surface area (Å²) in [6.07, 6.45) is 2.72. The number of hydrogen-bond acceptors (Lipinski definition) is 2. The van der Waals surface area contributed by atoms with Crippen LogP contribution in [0.1, 0.15) is 36.8 Å². The van der Waals surface area contributed by atoms with Gasteiger partial charge in [0.1, 0.15) is 0 Å². The van der Waals surface area contributed by atoms with Crippen LogP contribution in [-0.4, -0.2) is 17.0 Å². The van der Waals surface area contributed by atoms with Crippen LogP contribution in [0.15, 0.2) is 29.3 Å². The number of rotatable bonds is 3. The van der Waals surface area contributed by atoms with E-state index in [1.54, 1.807) is 0 Å². The third-order valence-electron chi connectivity index (χ3n) is 3.63. The van der Waals surface area contributed by atoms with Gasteiger partial charge >= 0.3 is 5.97 Å². The second kappa shape index (κ2) is 5.90. The zero-order valence-corrected chi connectivity index (χ0v) is 11.8. The molecule has 4 heteroatoms. The Labute approximate surface area is 118 Å². The van der Waals surface area contributed by atoms with Gasteiger partial charge in [0, 0.05) is 16.8 Å². The van der Waals surface area contributed by atoms with Crippen molar-refractivity contribution >= 4 is 17.6 Å². The van der Waals surface area contributed by atoms with E-state index in [9.17, 15) is 14.7 Å². The lowest BCUT2D eigenvalue weighted by atomic mass is 9.91. The molecule has 2 rings (SSSR count). The van der Waals surface area contributed by atoms with Gasteiger partial charge in [-0.15, -0.1) is 0 Å². The maximum absolute atomic E-state index is 12.3. The van der Waals surface area contributed by atoms with Gasteiger partial charge < -0.3 is 10.4 Å². The summed E-state index contributed by atoms with van der Waals surface area (Å²) in [5.41, 5.74) is 3.53. The Kier molecular flexibility index (Phi) is 4.23. The Morgan fingerprint density at radius 1 is 1.10 bits per heavy atom. The minimum absolute atomic E-state index is 0.263. The van der Waals surface area contributed by atoms with E-state index in [0.717, 1.165) is 29.7 Å². The molecule has 0 aromatic heterocycles. The highest BCUT2D eigenvalue weighted by Gasteiger charge is 2.23. The normalized spacial score (nSPS) is 15.1. The number of anilines is 1. The molecule has 0 unspecified atom stereocenters. The number of carbonyl (C=O) groups is 2. The van der Waals surface area contributed by atoms with Crippen molar-refractivity contribution in [3.63, 3.8) is 0 Å². The molecule has 0 bridgehead atoms. The van der Waals surface area contributed by atoms with Gasteiger partial charge in [-0.2, -0.15) is 0 Å². The molecule has 1 aromatic rings. The average Bonchev–Trinajstić information content (AvgIpc) is 2.41. The zero-order valence-electron chi connectivity index (χ0n) is 11.8. The van der Waals surface area contributed by atoms with Gasteiger partial charge in [0.25, 0.3) is 5.91 Å². The third kappa shape index (κ3) is 3.07. The summed E-state index contributed by atoms with van der Waals surface area (Å²) in [6, 6.07) is 5.77. The van der Waals surface area contributed by atoms with Gasteiger partial charge in [0.2, 0.25) is 0 Å². The summed E-state index contributed by atoms with van der Waals surface area (Å²) in [4.78, 5) is 23.5. The number of nitrogens with one attached hydrogen (secondary N) is 1. The first-order valence-corrected chi connectivity index (χ1v) is 6.83. The number of carboxylic acid groups (broad SMARTS) is 1. The van der Waals surface area contributed by atoms with Crippen molar-refractivity contribution in [1.29, 1.82) is 0 Å². The highest BCUT2D eigenvalue weighted by Crippen LogP contribution is 2.26. The highest BCUT2D eigenvalue weighted by atomic mass is 16.4. The monoisotopic (exact) mass is 273 g/mol. The van der Waals surface area contributed by atoms with Crippen molar-refractivity contribution in [2.24, 2.45) is 0 Å². The van der Waals surface area contributed by atoms with E-state index in [1.807, 2.05) is 32.0 Å². The lowest BCUT2D eigenvalue weighted by molar-refractivity contribution is -0.133. The van der Waals surface area contributed by atoms with Crippen molar-refractivity contribution in [2.75, 3.05) is 5.32 Å². The summed E-state index contributed by atoms with van der Waals surface area (Å²) in [5.74, 6) is -1.26. The molecule has 20 heavy (non-hydrogen) atoms. The molecule has 106 valence electrons. The minimum Gasteiger partial charge on any atom is -0.478 e. The fourth-order valence-corrected chi connectivity index (χ4v) is 2.54. The van der Waals surface area contributed by atoms with Crippen LogP contribution in [0.2, 0.25) is 0 Å². The largest absolute Gasteiger partial charge is 0.478 e. The molecule has 0 atom stereocenters. The molecular formula is C16H19NO3. The number of aliphatic carboxylic acids is 1. The Morgan fingerprint density at radius 2 is 1.75 bits per heavy atom. The van der Waals surface area contributed by atoms with Gasteiger partial charge in [-0.3, -0.25) is 4.79 Å². The average molecular weight is 273 g/mol. The van der Waals surface area contributed by atoms with Crippen molar-refractivity contribution in [3.8, 4) is 0 Å². The van der Waals surface area contributed by atoms with Gasteiger partial charge in [0.15, 0.2) is 0 Å². The molecule has 0 spiro atoms. The first kappa shape index (κ1) is 14.3. The van der Waals surface area contributed by atoms with E-state index in [4.69, 9.17) is 0 Å². The molecule has 2 N–H and O–H groups in total. The van der Waals surface area contributed by atoms with Crippen LogP contribution in [0, 0.1) is 13.8 Å². The summed E-state index contributed by atoms with van der Waals surface area (Å²) < 4.78 is 0. The lowest BCUT2D eigenvalue weighted by Crippen LogP contribution is -2.21. The van der Waals surface area contributed by atoms with Crippen LogP contribution < -0.4 is 5.32 Å². The van der Waals surface area contributed by atoms with Gasteiger partial charge in [0.05, 0.1) is 0 Å². The maximum atomic E-state index is 12.3. The van der Waals surface area contributed by atoms with Crippen LogP contribution in [0.5, 0.6) is 0 Å². The number of benzene rings is 1. The SMILES string of the molecule is Cc1ccc(NC(=O)C2=C(C(=O)O)CCCC2)c(C)c1. The first-order valence-electron chi connectivity index (χ1n) is 6.83. The highest BCUT2D eigenvalue weighted by molar-refractivity contribution is 6.09. The van der Waals surface area contributed by atoms with E-state index in [1.165, 1.54) is 0 Å². The van der Waals surface area contributed by atoms with E-state index < -0.39 is 5.97 Å². The minimum atomic E-state index is -0.976. The molecule has 0 aliphatic heterocycles. The standard InChI is InChI=1S/C16H19NO3/c1-10-7-8-14(11(2)9-10)17-15(18)12-5-3-4-6-13(12)16(19)20/h7-9H,3-6H2,1-2H3,(H,17,18)(H,19,20). The van der Waals surface area contributed by atoms with Crippen molar-refractivity contribution in [2.45, 2.75) is 39.5 Å². The molecule has 0 radical (unpaired) electrons. The van der Waals surface area contributed by atoms with Crippen molar-refractivity contribution < 1.29 is 14.7 Å². The zero-order chi connectivity index (χ0) is 14.7. The lowest BCUT2D eigenvalue weighted by Gasteiger charge is -2.18. The van der Waals surface area contributed by atoms with E-state index in [2.05, 4.69) is 5.32 Å². The van der Waals surface area contributed by atoms with E-state index in [-0.39, 0.29) is 11.5 Å². The summed E-state index contributed by atoms with van der Waals surface area (Å²) in [6.45, 7) is 3.92. The number of hydrogen-bond donors (Lipinski definition) is 2. The molecule has 1 aliphatic carbocycles. The van der Waals surface area contributed by atoms with Crippen LogP contribution in [0.25, 0.3) is 0 Å². The summed E-state index contributed by atoms with van der Waals surface area (Å²) in [7, 11) is 0. The van der Waals surface area contributed by atoms with Crippen molar-refractivity contribution in [1.82, 2.24) is 0 Å². The predicted octanol–water partition coefficient (Wildman–Crippen LogP) is 3.20. The van der Waals surface area contributed by atoms with Gasteiger partial charge in [-0.1, -0.05) is 17.7 Å². The summed E-state index contributed by atoms with van der Waals surface area (Å²) in [5, 5.41) is 12.0. The topological polar surface area (TPSA) is 66.4 Å². The number of aryl methyl sites for hydroxylation is 2. The Morgan fingerprint density at radius 3 is 2.35 bits per heavy atom. The fourth-order valence-electron chi connectivity index (χ4n) is 2.54. The number of carbonyl (C=O) groups excluding carboxylic acids is 1. The predicted molar refractivity (Wildman–Crippen MR) is 77.7 cm³/mol. The second-order valence-corrected chi connectivity index (χ2v) is 5.24. The first-order chi connectivity index (χ1) is 9.49. The molecule has 0 fully saturated rings. The fraction of sp³-hybridized carbons (Fsp3) is 0.375. The number of amides is 1. The van der Waals surface area contributed by atoms with E-state index >= 15 is 0 Å². The number of carboxylic acids is 1.